The highest BCUT2D eigenvalue weighted by Gasteiger charge is 2.15. The summed E-state index contributed by atoms with van der Waals surface area (Å²) in [6.45, 7) is 1.53. The Kier molecular flexibility index (Phi) is 6.63. The van der Waals surface area contributed by atoms with E-state index in [0.717, 1.165) is 30.9 Å². The van der Waals surface area contributed by atoms with E-state index in [0.29, 0.717) is 16.8 Å². The first-order chi connectivity index (χ1) is 10.7. The average Bonchev–Trinajstić information content (AvgIpc) is 3.05. The Hall–Kier alpha value is -1.64. The molecule has 0 aliphatic carbocycles. The van der Waals surface area contributed by atoms with Crippen LogP contribution < -0.4 is 26.2 Å². The van der Waals surface area contributed by atoms with Crippen LogP contribution in [0.4, 0.5) is 5.69 Å². The number of rotatable bonds is 4. The Balaban J connectivity index is 1.64. The van der Waals surface area contributed by atoms with Crippen molar-refractivity contribution in [3.63, 3.8) is 0 Å². The quantitative estimate of drug-likeness (QED) is 0.486. The first-order valence-corrected chi connectivity index (χ1v) is 7.85. The molecule has 1 heterocycles. The summed E-state index contributed by atoms with van der Waals surface area (Å²) in [5.41, 5.74) is 6.52. The fourth-order valence-electron chi connectivity index (χ4n) is 2.01. The summed E-state index contributed by atoms with van der Waals surface area (Å²) in [6.07, 6.45) is 2.42. The van der Waals surface area contributed by atoms with E-state index in [1.165, 1.54) is 0 Å². The SMILES string of the molecule is COc1ccc(NC(=S)NNC(=S)NC[C@H]2CCCO2)cc1. The largest absolute Gasteiger partial charge is 0.497 e. The summed E-state index contributed by atoms with van der Waals surface area (Å²) in [5.74, 6) is 0.794. The maximum Gasteiger partial charge on any atom is 0.189 e. The smallest absolute Gasteiger partial charge is 0.189 e. The number of hydrazine groups is 1. The van der Waals surface area contributed by atoms with Crippen LogP contribution >= 0.6 is 24.4 Å². The molecule has 0 amide bonds. The molecule has 0 bridgehead atoms. The lowest BCUT2D eigenvalue weighted by molar-refractivity contribution is 0.114. The molecule has 0 spiro atoms. The van der Waals surface area contributed by atoms with Gasteiger partial charge in [0.05, 0.1) is 13.2 Å². The zero-order chi connectivity index (χ0) is 15.8. The molecule has 1 aromatic rings. The van der Waals surface area contributed by atoms with Crippen LogP contribution in [0.25, 0.3) is 0 Å². The van der Waals surface area contributed by atoms with Gasteiger partial charge in [-0.05, 0) is 61.5 Å². The minimum Gasteiger partial charge on any atom is -0.497 e. The molecule has 22 heavy (non-hydrogen) atoms. The molecular formula is C14H20N4O2S2. The second kappa shape index (κ2) is 8.72. The Bertz CT molecular complexity index is 504. The lowest BCUT2D eigenvalue weighted by Gasteiger charge is -2.16. The van der Waals surface area contributed by atoms with Gasteiger partial charge in [0.1, 0.15) is 5.75 Å². The molecule has 1 atom stereocenters. The van der Waals surface area contributed by atoms with Crippen LogP contribution in [-0.2, 0) is 4.74 Å². The van der Waals surface area contributed by atoms with Gasteiger partial charge in [-0.1, -0.05) is 0 Å². The van der Waals surface area contributed by atoms with Crippen LogP contribution in [0.3, 0.4) is 0 Å². The molecule has 4 N–H and O–H groups in total. The zero-order valence-electron chi connectivity index (χ0n) is 12.3. The van der Waals surface area contributed by atoms with Crippen molar-refractivity contribution in [2.45, 2.75) is 18.9 Å². The number of anilines is 1. The molecule has 8 heteroatoms. The van der Waals surface area contributed by atoms with E-state index in [9.17, 15) is 0 Å². The van der Waals surface area contributed by atoms with Crippen molar-refractivity contribution in [1.29, 1.82) is 0 Å². The van der Waals surface area contributed by atoms with E-state index in [1.54, 1.807) is 7.11 Å². The maximum atomic E-state index is 5.51. The lowest BCUT2D eigenvalue weighted by Crippen LogP contribution is -2.49. The molecule has 0 unspecified atom stereocenters. The first-order valence-electron chi connectivity index (χ1n) is 7.04. The van der Waals surface area contributed by atoms with Crippen LogP contribution in [0.1, 0.15) is 12.8 Å². The molecule has 0 saturated carbocycles. The van der Waals surface area contributed by atoms with E-state index < -0.39 is 0 Å². The topological polar surface area (TPSA) is 66.6 Å². The van der Waals surface area contributed by atoms with Crippen molar-refractivity contribution in [3.05, 3.63) is 24.3 Å². The Morgan fingerprint density at radius 3 is 2.59 bits per heavy atom. The van der Waals surface area contributed by atoms with Gasteiger partial charge in [-0.25, -0.2) is 0 Å². The minimum absolute atomic E-state index is 0.240. The van der Waals surface area contributed by atoms with Crippen LogP contribution in [0, 0.1) is 0 Å². The minimum atomic E-state index is 0.240. The monoisotopic (exact) mass is 340 g/mol. The average molecular weight is 340 g/mol. The number of hydrogen-bond acceptors (Lipinski definition) is 4. The highest BCUT2D eigenvalue weighted by atomic mass is 32.1. The third-order valence-electron chi connectivity index (χ3n) is 3.15. The third kappa shape index (κ3) is 5.63. The molecule has 120 valence electrons. The molecule has 0 aromatic heterocycles. The van der Waals surface area contributed by atoms with Gasteiger partial charge in [-0.2, -0.15) is 0 Å². The van der Waals surface area contributed by atoms with Crippen LogP contribution in [0.5, 0.6) is 5.75 Å². The molecule has 1 saturated heterocycles. The van der Waals surface area contributed by atoms with Crippen molar-refractivity contribution in [3.8, 4) is 5.75 Å². The predicted octanol–water partition coefficient (Wildman–Crippen LogP) is 1.54. The van der Waals surface area contributed by atoms with Crippen molar-refractivity contribution in [2.75, 3.05) is 25.6 Å². The lowest BCUT2D eigenvalue weighted by atomic mass is 10.2. The summed E-state index contributed by atoms with van der Waals surface area (Å²) < 4.78 is 10.6. The van der Waals surface area contributed by atoms with Gasteiger partial charge >= 0.3 is 0 Å². The van der Waals surface area contributed by atoms with Crippen LogP contribution in [0.15, 0.2) is 24.3 Å². The van der Waals surface area contributed by atoms with E-state index in [1.807, 2.05) is 24.3 Å². The molecule has 1 aliphatic rings. The Morgan fingerprint density at radius 1 is 1.23 bits per heavy atom. The second-order valence-electron chi connectivity index (χ2n) is 4.78. The van der Waals surface area contributed by atoms with Crippen molar-refractivity contribution < 1.29 is 9.47 Å². The van der Waals surface area contributed by atoms with Gasteiger partial charge < -0.3 is 20.1 Å². The summed E-state index contributed by atoms with van der Waals surface area (Å²) in [4.78, 5) is 0. The number of benzene rings is 1. The number of nitrogens with one attached hydrogen (secondary N) is 4. The molecule has 0 radical (unpaired) electrons. The van der Waals surface area contributed by atoms with Crippen molar-refractivity contribution in [2.24, 2.45) is 0 Å². The number of hydrogen-bond donors (Lipinski definition) is 4. The fourth-order valence-corrected chi connectivity index (χ4v) is 2.31. The summed E-state index contributed by atoms with van der Waals surface area (Å²) in [7, 11) is 1.63. The summed E-state index contributed by atoms with van der Waals surface area (Å²) in [5, 5.41) is 7.03. The van der Waals surface area contributed by atoms with E-state index in [-0.39, 0.29) is 6.10 Å². The number of thiocarbonyl (C=S) groups is 2. The molecule has 1 aliphatic heterocycles. The Labute approximate surface area is 140 Å². The van der Waals surface area contributed by atoms with Crippen molar-refractivity contribution in [1.82, 2.24) is 16.2 Å². The standard InChI is InChI=1S/C14H20N4O2S2/c1-19-11-6-4-10(5-7-11)16-14(22)18-17-13(21)15-9-12-3-2-8-20-12/h4-7,12H,2-3,8-9H2,1H3,(H2,15,17,21)(H2,16,18,22)/t12-/m1/s1. The predicted molar refractivity (Wildman–Crippen MR) is 95.1 cm³/mol. The molecule has 1 fully saturated rings. The van der Waals surface area contributed by atoms with E-state index in [4.69, 9.17) is 33.9 Å². The number of ether oxygens (including phenoxy) is 2. The van der Waals surface area contributed by atoms with Gasteiger partial charge in [0.15, 0.2) is 10.2 Å². The van der Waals surface area contributed by atoms with E-state index in [2.05, 4.69) is 21.5 Å². The molecule has 6 nitrogen and oxygen atoms in total. The maximum absolute atomic E-state index is 5.51. The summed E-state index contributed by atoms with van der Waals surface area (Å²) >= 11 is 10.3. The van der Waals surface area contributed by atoms with E-state index >= 15 is 0 Å². The van der Waals surface area contributed by atoms with Gasteiger partial charge in [0, 0.05) is 18.8 Å². The third-order valence-corrected chi connectivity index (χ3v) is 3.60. The fraction of sp³-hybridized carbons (Fsp3) is 0.429. The van der Waals surface area contributed by atoms with Gasteiger partial charge in [0.25, 0.3) is 0 Å². The number of methoxy groups -OCH3 is 1. The molecular weight excluding hydrogens is 320 g/mol. The van der Waals surface area contributed by atoms with Crippen LogP contribution in [0.2, 0.25) is 0 Å². The first kappa shape index (κ1) is 16.7. The Morgan fingerprint density at radius 2 is 1.95 bits per heavy atom. The normalized spacial score (nSPS) is 16.7. The van der Waals surface area contributed by atoms with Gasteiger partial charge in [0.2, 0.25) is 0 Å². The summed E-state index contributed by atoms with van der Waals surface area (Å²) in [6, 6.07) is 7.46. The van der Waals surface area contributed by atoms with Gasteiger partial charge in [-0.3, -0.25) is 10.9 Å². The molecule has 1 aromatic carbocycles. The highest BCUT2D eigenvalue weighted by molar-refractivity contribution is 7.80. The van der Waals surface area contributed by atoms with Crippen LogP contribution in [-0.4, -0.2) is 36.6 Å². The highest BCUT2D eigenvalue weighted by Crippen LogP contribution is 2.14. The molecule has 2 rings (SSSR count). The van der Waals surface area contributed by atoms with Crippen molar-refractivity contribution >= 4 is 40.3 Å². The zero-order valence-corrected chi connectivity index (χ0v) is 14.0. The van der Waals surface area contributed by atoms with Gasteiger partial charge in [-0.15, -0.1) is 0 Å². The second-order valence-corrected chi connectivity index (χ2v) is 5.59.